The van der Waals surface area contributed by atoms with Crippen molar-refractivity contribution in [3.8, 4) is 11.4 Å². The molecule has 28 heavy (non-hydrogen) atoms. The Morgan fingerprint density at radius 1 is 1.25 bits per heavy atom. The molecule has 7 heteroatoms. The maximum absolute atomic E-state index is 12.6. The van der Waals surface area contributed by atoms with Crippen molar-refractivity contribution in [1.82, 2.24) is 20.1 Å². The Morgan fingerprint density at radius 2 is 2.07 bits per heavy atom. The highest BCUT2D eigenvalue weighted by molar-refractivity contribution is 6.04. The van der Waals surface area contributed by atoms with Crippen molar-refractivity contribution in [2.24, 2.45) is 13.0 Å². The van der Waals surface area contributed by atoms with Crippen LogP contribution < -0.4 is 10.6 Å². The summed E-state index contributed by atoms with van der Waals surface area (Å²) in [5.41, 5.74) is 3.63. The summed E-state index contributed by atoms with van der Waals surface area (Å²) in [6, 6.07) is 15.6. The maximum Gasteiger partial charge on any atom is 0.255 e. The SMILES string of the molecule is Cl.Cn1cnnc1-c1ccc(NC(=O)c2cccc(CC3CCNC3)c2)cc1. The number of hydrogen-bond acceptors (Lipinski definition) is 4. The van der Waals surface area contributed by atoms with Gasteiger partial charge in [-0.1, -0.05) is 12.1 Å². The van der Waals surface area contributed by atoms with Crippen molar-refractivity contribution in [2.45, 2.75) is 12.8 Å². The zero-order valence-corrected chi connectivity index (χ0v) is 16.6. The third-order valence-electron chi connectivity index (χ3n) is 4.99. The second-order valence-electron chi connectivity index (χ2n) is 7.06. The minimum atomic E-state index is -0.0900. The molecule has 146 valence electrons. The second-order valence-corrected chi connectivity index (χ2v) is 7.06. The van der Waals surface area contributed by atoms with E-state index in [9.17, 15) is 4.79 Å². The predicted octanol–water partition coefficient (Wildman–Crippen LogP) is 3.31. The Hall–Kier alpha value is -2.70. The molecule has 1 unspecified atom stereocenters. The third kappa shape index (κ3) is 4.58. The number of rotatable bonds is 5. The Bertz CT molecular complexity index is 932. The molecule has 1 fully saturated rings. The van der Waals surface area contributed by atoms with Crippen molar-refractivity contribution < 1.29 is 4.79 Å². The fourth-order valence-electron chi connectivity index (χ4n) is 3.51. The van der Waals surface area contributed by atoms with E-state index in [-0.39, 0.29) is 18.3 Å². The van der Waals surface area contributed by atoms with E-state index in [0.717, 1.165) is 36.6 Å². The molecule has 1 saturated heterocycles. The van der Waals surface area contributed by atoms with Gasteiger partial charge in [0.05, 0.1) is 0 Å². The van der Waals surface area contributed by atoms with Gasteiger partial charge in [-0.2, -0.15) is 0 Å². The van der Waals surface area contributed by atoms with Gasteiger partial charge in [-0.3, -0.25) is 4.79 Å². The van der Waals surface area contributed by atoms with Crippen molar-refractivity contribution in [3.05, 3.63) is 66.0 Å². The lowest BCUT2D eigenvalue weighted by molar-refractivity contribution is 0.102. The number of carbonyl (C=O) groups excluding carboxylic acids is 1. The van der Waals surface area contributed by atoms with Crippen molar-refractivity contribution in [1.29, 1.82) is 0 Å². The number of carbonyl (C=O) groups is 1. The molecular formula is C21H24ClN5O. The first-order chi connectivity index (χ1) is 13.2. The van der Waals surface area contributed by atoms with Gasteiger partial charge in [0.1, 0.15) is 6.33 Å². The van der Waals surface area contributed by atoms with E-state index in [4.69, 9.17) is 0 Å². The minimum Gasteiger partial charge on any atom is -0.322 e. The molecule has 2 heterocycles. The smallest absolute Gasteiger partial charge is 0.255 e. The zero-order chi connectivity index (χ0) is 18.6. The van der Waals surface area contributed by atoms with Gasteiger partial charge >= 0.3 is 0 Å². The van der Waals surface area contributed by atoms with Crippen LogP contribution in [0.1, 0.15) is 22.3 Å². The topological polar surface area (TPSA) is 71.8 Å². The molecule has 1 amide bonds. The van der Waals surface area contributed by atoms with Crippen LogP contribution in [0.25, 0.3) is 11.4 Å². The Labute approximate surface area is 170 Å². The summed E-state index contributed by atoms with van der Waals surface area (Å²) >= 11 is 0. The summed E-state index contributed by atoms with van der Waals surface area (Å²) in [6.45, 7) is 2.16. The fourth-order valence-corrected chi connectivity index (χ4v) is 3.51. The molecule has 0 aliphatic carbocycles. The number of anilines is 1. The molecule has 1 atom stereocenters. The summed E-state index contributed by atoms with van der Waals surface area (Å²) in [5.74, 6) is 1.37. The number of aryl methyl sites for hydroxylation is 1. The van der Waals surface area contributed by atoms with Gasteiger partial charge in [0, 0.05) is 23.9 Å². The number of halogens is 1. The minimum absolute atomic E-state index is 0. The Morgan fingerprint density at radius 3 is 2.75 bits per heavy atom. The lowest BCUT2D eigenvalue weighted by atomic mass is 9.97. The van der Waals surface area contributed by atoms with E-state index in [1.807, 2.05) is 54.1 Å². The molecule has 2 N–H and O–H groups in total. The van der Waals surface area contributed by atoms with Crippen LogP contribution in [0, 0.1) is 5.92 Å². The highest BCUT2D eigenvalue weighted by atomic mass is 35.5. The van der Waals surface area contributed by atoms with Crippen molar-refractivity contribution in [3.63, 3.8) is 0 Å². The van der Waals surface area contributed by atoms with Crippen molar-refractivity contribution in [2.75, 3.05) is 18.4 Å². The van der Waals surface area contributed by atoms with Crippen LogP contribution in [-0.4, -0.2) is 33.8 Å². The van der Waals surface area contributed by atoms with Gasteiger partial charge in [-0.15, -0.1) is 22.6 Å². The summed E-state index contributed by atoms with van der Waals surface area (Å²) in [4.78, 5) is 12.6. The predicted molar refractivity (Wildman–Crippen MR) is 113 cm³/mol. The molecule has 0 radical (unpaired) electrons. The molecule has 1 aromatic heterocycles. The quantitative estimate of drug-likeness (QED) is 0.692. The molecule has 4 rings (SSSR count). The summed E-state index contributed by atoms with van der Waals surface area (Å²) in [7, 11) is 1.90. The molecule has 0 saturated carbocycles. The van der Waals surface area contributed by atoms with Crippen LogP contribution in [0.15, 0.2) is 54.9 Å². The number of aromatic nitrogens is 3. The Balaban J connectivity index is 0.00000225. The number of amides is 1. The summed E-state index contributed by atoms with van der Waals surface area (Å²) < 4.78 is 1.86. The van der Waals surface area contributed by atoms with Gasteiger partial charge in [-0.25, -0.2) is 0 Å². The average Bonchev–Trinajstić information content (AvgIpc) is 3.34. The van der Waals surface area contributed by atoms with E-state index in [1.54, 1.807) is 6.33 Å². The number of hydrogen-bond donors (Lipinski definition) is 2. The van der Waals surface area contributed by atoms with Gasteiger partial charge < -0.3 is 15.2 Å². The highest BCUT2D eigenvalue weighted by Gasteiger charge is 2.15. The van der Waals surface area contributed by atoms with Crippen molar-refractivity contribution >= 4 is 24.0 Å². The van der Waals surface area contributed by atoms with Gasteiger partial charge in [-0.05, 0) is 73.8 Å². The van der Waals surface area contributed by atoms with Gasteiger partial charge in [0.25, 0.3) is 5.91 Å². The first-order valence-corrected chi connectivity index (χ1v) is 9.24. The van der Waals surface area contributed by atoms with E-state index in [0.29, 0.717) is 11.5 Å². The van der Waals surface area contributed by atoms with Gasteiger partial charge in [0.2, 0.25) is 0 Å². The van der Waals surface area contributed by atoms with E-state index in [2.05, 4.69) is 26.9 Å². The van der Waals surface area contributed by atoms with Crippen LogP contribution in [0.4, 0.5) is 5.69 Å². The molecule has 1 aliphatic heterocycles. The zero-order valence-electron chi connectivity index (χ0n) is 15.8. The first kappa shape index (κ1) is 20.0. The molecule has 0 bridgehead atoms. The van der Waals surface area contributed by atoms with E-state index >= 15 is 0 Å². The molecule has 1 aliphatic rings. The normalized spacial score (nSPS) is 15.8. The molecular weight excluding hydrogens is 374 g/mol. The monoisotopic (exact) mass is 397 g/mol. The number of nitrogens with one attached hydrogen (secondary N) is 2. The Kier molecular flexibility index (Phi) is 6.44. The van der Waals surface area contributed by atoms with Crippen LogP contribution in [0.5, 0.6) is 0 Å². The largest absolute Gasteiger partial charge is 0.322 e. The summed E-state index contributed by atoms with van der Waals surface area (Å²) in [5, 5.41) is 14.4. The molecule has 0 spiro atoms. The molecule has 3 aromatic rings. The standard InChI is InChI=1S/C21H23N5O.ClH/c1-26-14-23-25-20(26)17-5-7-19(8-6-17)24-21(27)18-4-2-3-15(12-18)11-16-9-10-22-13-16;/h2-8,12,14,16,22H,9-11,13H2,1H3,(H,24,27);1H. The molecule has 6 nitrogen and oxygen atoms in total. The number of nitrogens with zero attached hydrogens (tertiary/aromatic N) is 3. The first-order valence-electron chi connectivity index (χ1n) is 9.24. The second kappa shape index (κ2) is 8.99. The average molecular weight is 398 g/mol. The highest BCUT2D eigenvalue weighted by Crippen LogP contribution is 2.20. The lowest BCUT2D eigenvalue weighted by Gasteiger charge is -2.10. The summed E-state index contributed by atoms with van der Waals surface area (Å²) in [6.07, 6.45) is 3.88. The van der Waals surface area contributed by atoms with E-state index < -0.39 is 0 Å². The van der Waals surface area contributed by atoms with Crippen LogP contribution in [-0.2, 0) is 13.5 Å². The van der Waals surface area contributed by atoms with Crippen LogP contribution in [0.2, 0.25) is 0 Å². The van der Waals surface area contributed by atoms with Crippen LogP contribution in [0.3, 0.4) is 0 Å². The number of benzene rings is 2. The van der Waals surface area contributed by atoms with E-state index in [1.165, 1.54) is 12.0 Å². The fraction of sp³-hybridized carbons (Fsp3) is 0.286. The molecule has 2 aromatic carbocycles. The van der Waals surface area contributed by atoms with Gasteiger partial charge in [0.15, 0.2) is 5.82 Å². The lowest BCUT2D eigenvalue weighted by Crippen LogP contribution is -2.13. The van der Waals surface area contributed by atoms with Crippen LogP contribution >= 0.6 is 12.4 Å². The third-order valence-corrected chi connectivity index (χ3v) is 4.99. The maximum atomic E-state index is 12.6.